The van der Waals surface area contributed by atoms with E-state index in [9.17, 15) is 30.8 Å². The number of sulfonamides is 1. The standard InChI is InChI=1S/C15H9ClF4INO5S/c1-28(24,25)22-14(23)8-5-11(21)13(6-10(8)17)26-7-2-3-12(9(16)4-7)27-15(18,19)20/h2-6H,1H3,(H,22,23). The number of hydrogen-bond acceptors (Lipinski definition) is 5. The van der Waals surface area contributed by atoms with Gasteiger partial charge in [0.1, 0.15) is 23.1 Å². The minimum Gasteiger partial charge on any atom is -0.456 e. The van der Waals surface area contributed by atoms with Crippen molar-refractivity contribution in [2.24, 2.45) is 0 Å². The van der Waals surface area contributed by atoms with E-state index in [1.165, 1.54) is 0 Å². The lowest BCUT2D eigenvalue weighted by molar-refractivity contribution is -0.274. The summed E-state index contributed by atoms with van der Waals surface area (Å²) in [6.45, 7) is 0. The Labute approximate surface area is 175 Å². The van der Waals surface area contributed by atoms with E-state index in [2.05, 4.69) is 4.74 Å². The molecule has 0 radical (unpaired) electrons. The molecule has 2 aromatic carbocycles. The van der Waals surface area contributed by atoms with Gasteiger partial charge < -0.3 is 9.47 Å². The summed E-state index contributed by atoms with van der Waals surface area (Å²) in [6, 6.07) is 4.94. The maximum absolute atomic E-state index is 14.2. The van der Waals surface area contributed by atoms with Crippen LogP contribution in [-0.4, -0.2) is 26.9 Å². The molecule has 0 heterocycles. The molecule has 0 aliphatic rings. The van der Waals surface area contributed by atoms with E-state index in [1.54, 1.807) is 27.3 Å². The summed E-state index contributed by atoms with van der Waals surface area (Å²) >= 11 is 7.42. The summed E-state index contributed by atoms with van der Waals surface area (Å²) in [4.78, 5) is 11.8. The van der Waals surface area contributed by atoms with Gasteiger partial charge in [0.2, 0.25) is 10.0 Å². The second-order valence-corrected chi connectivity index (χ2v) is 8.53. The number of amides is 1. The van der Waals surface area contributed by atoms with Crippen LogP contribution in [0.3, 0.4) is 0 Å². The molecule has 6 nitrogen and oxygen atoms in total. The Hall–Kier alpha value is -1.80. The van der Waals surface area contributed by atoms with Crippen LogP contribution in [0.1, 0.15) is 10.4 Å². The predicted octanol–water partition coefficient (Wildman–Crippen LogP) is 4.46. The van der Waals surface area contributed by atoms with Crippen molar-refractivity contribution >= 4 is 50.1 Å². The van der Waals surface area contributed by atoms with Crippen LogP contribution in [-0.2, 0) is 10.0 Å². The van der Waals surface area contributed by atoms with E-state index >= 15 is 0 Å². The van der Waals surface area contributed by atoms with Crippen LogP contribution in [0.25, 0.3) is 0 Å². The van der Waals surface area contributed by atoms with Gasteiger partial charge in [-0.25, -0.2) is 17.5 Å². The number of nitrogens with one attached hydrogen (secondary N) is 1. The molecule has 13 heteroatoms. The Balaban J connectivity index is 2.27. The summed E-state index contributed by atoms with van der Waals surface area (Å²) in [5.74, 6) is -2.98. The molecule has 0 fully saturated rings. The Bertz CT molecular complexity index is 1030. The van der Waals surface area contributed by atoms with E-state index < -0.39 is 44.4 Å². The van der Waals surface area contributed by atoms with E-state index in [0.717, 1.165) is 36.6 Å². The molecular weight excluding hydrogens is 545 g/mol. The van der Waals surface area contributed by atoms with Crippen LogP contribution in [0.15, 0.2) is 30.3 Å². The van der Waals surface area contributed by atoms with E-state index in [4.69, 9.17) is 16.3 Å². The SMILES string of the molecule is CS(=O)(=O)NC(=O)c1cc(I)c(Oc2ccc(OC(F)(F)F)c(Cl)c2)cc1F. The van der Waals surface area contributed by atoms with Gasteiger partial charge in [-0.15, -0.1) is 13.2 Å². The first kappa shape index (κ1) is 22.5. The lowest BCUT2D eigenvalue weighted by Crippen LogP contribution is -2.30. The number of carbonyl (C=O) groups excluding carboxylic acids is 1. The van der Waals surface area contributed by atoms with Crippen molar-refractivity contribution in [3.05, 3.63) is 50.3 Å². The highest BCUT2D eigenvalue weighted by Crippen LogP contribution is 2.36. The highest BCUT2D eigenvalue weighted by Gasteiger charge is 2.32. The molecule has 152 valence electrons. The molecule has 0 aliphatic heterocycles. The van der Waals surface area contributed by atoms with Crippen molar-refractivity contribution < 1.29 is 40.2 Å². The molecule has 2 aromatic rings. The number of carbonyl (C=O) groups is 1. The van der Waals surface area contributed by atoms with Crippen molar-refractivity contribution in [2.75, 3.05) is 6.26 Å². The molecule has 0 saturated heterocycles. The Morgan fingerprint density at radius 3 is 2.36 bits per heavy atom. The number of ether oxygens (including phenoxy) is 2. The van der Waals surface area contributed by atoms with Gasteiger partial charge in [-0.3, -0.25) is 4.79 Å². The summed E-state index contributed by atoms with van der Waals surface area (Å²) in [5, 5.41) is -0.394. The molecule has 2 rings (SSSR count). The summed E-state index contributed by atoms with van der Waals surface area (Å²) in [5.41, 5.74) is -0.533. The number of alkyl halides is 3. The largest absolute Gasteiger partial charge is 0.573 e. The van der Waals surface area contributed by atoms with Gasteiger partial charge >= 0.3 is 6.36 Å². The van der Waals surface area contributed by atoms with Crippen LogP contribution >= 0.6 is 34.2 Å². The maximum atomic E-state index is 14.2. The fourth-order valence-corrected chi connectivity index (χ4v) is 3.12. The van der Waals surface area contributed by atoms with E-state index in [1.807, 2.05) is 0 Å². The molecule has 1 N–H and O–H groups in total. The molecule has 0 bridgehead atoms. The zero-order valence-electron chi connectivity index (χ0n) is 13.6. The maximum Gasteiger partial charge on any atom is 0.573 e. The number of halogens is 6. The van der Waals surface area contributed by atoms with Gasteiger partial charge in [0, 0.05) is 12.1 Å². The number of hydrogen-bond donors (Lipinski definition) is 1. The topological polar surface area (TPSA) is 81.7 Å². The second-order valence-electron chi connectivity index (χ2n) is 5.21. The Morgan fingerprint density at radius 2 is 1.82 bits per heavy atom. The van der Waals surface area contributed by atoms with Crippen LogP contribution < -0.4 is 14.2 Å². The quantitative estimate of drug-likeness (QED) is 0.437. The zero-order valence-corrected chi connectivity index (χ0v) is 17.3. The fraction of sp³-hybridized carbons (Fsp3) is 0.133. The highest BCUT2D eigenvalue weighted by atomic mass is 127. The lowest BCUT2D eigenvalue weighted by Gasteiger charge is -2.13. The molecule has 0 aliphatic carbocycles. The monoisotopic (exact) mass is 553 g/mol. The average Bonchev–Trinajstić information content (AvgIpc) is 2.50. The first-order valence-electron chi connectivity index (χ1n) is 6.99. The van der Waals surface area contributed by atoms with Crippen molar-refractivity contribution in [3.63, 3.8) is 0 Å². The smallest absolute Gasteiger partial charge is 0.456 e. The van der Waals surface area contributed by atoms with Crippen LogP contribution in [0.4, 0.5) is 17.6 Å². The summed E-state index contributed by atoms with van der Waals surface area (Å²) < 4.78 is 84.1. The number of benzene rings is 2. The van der Waals surface area contributed by atoms with Crippen molar-refractivity contribution in [1.29, 1.82) is 0 Å². The third-order valence-corrected chi connectivity index (χ3v) is 4.60. The number of rotatable bonds is 5. The molecule has 0 saturated carbocycles. The third kappa shape index (κ3) is 6.38. The molecule has 28 heavy (non-hydrogen) atoms. The van der Waals surface area contributed by atoms with Crippen molar-refractivity contribution in [3.8, 4) is 17.2 Å². The van der Waals surface area contributed by atoms with Crippen molar-refractivity contribution in [2.45, 2.75) is 6.36 Å². The summed E-state index contributed by atoms with van der Waals surface area (Å²) in [6.07, 6.45) is -4.19. The molecular formula is C15H9ClF4INO5S. The zero-order chi connectivity index (χ0) is 21.3. The van der Waals surface area contributed by atoms with Gasteiger partial charge in [0.15, 0.2) is 0 Å². The van der Waals surface area contributed by atoms with Gasteiger partial charge in [-0.05, 0) is 40.8 Å². The van der Waals surface area contributed by atoms with Crippen LogP contribution in [0.5, 0.6) is 17.2 Å². The minimum atomic E-state index is -4.92. The average molecular weight is 554 g/mol. The Kier molecular flexibility index (Phi) is 6.66. The lowest BCUT2D eigenvalue weighted by atomic mass is 10.2. The van der Waals surface area contributed by atoms with Gasteiger partial charge in [0.05, 0.1) is 20.4 Å². The van der Waals surface area contributed by atoms with Crippen molar-refractivity contribution in [1.82, 2.24) is 4.72 Å². The first-order chi connectivity index (χ1) is 12.7. The predicted molar refractivity (Wildman–Crippen MR) is 99.6 cm³/mol. The molecule has 0 unspecified atom stereocenters. The third-order valence-electron chi connectivity index (χ3n) is 2.90. The second kappa shape index (κ2) is 8.29. The van der Waals surface area contributed by atoms with Crippen LogP contribution in [0, 0.1) is 9.39 Å². The van der Waals surface area contributed by atoms with E-state index in [0.29, 0.717) is 0 Å². The molecule has 0 atom stereocenters. The first-order valence-corrected chi connectivity index (χ1v) is 10.3. The summed E-state index contributed by atoms with van der Waals surface area (Å²) in [7, 11) is -3.89. The van der Waals surface area contributed by atoms with Gasteiger partial charge in [-0.2, -0.15) is 0 Å². The minimum absolute atomic E-state index is 0.0230. The Morgan fingerprint density at radius 1 is 1.18 bits per heavy atom. The van der Waals surface area contributed by atoms with E-state index in [-0.39, 0.29) is 15.1 Å². The molecule has 1 amide bonds. The highest BCUT2D eigenvalue weighted by molar-refractivity contribution is 14.1. The molecule has 0 aromatic heterocycles. The fourth-order valence-electron chi connectivity index (χ4n) is 1.88. The van der Waals surface area contributed by atoms with Crippen LogP contribution in [0.2, 0.25) is 5.02 Å². The normalized spacial score (nSPS) is 11.8. The molecule has 0 spiro atoms. The van der Waals surface area contributed by atoms with Gasteiger partial charge in [-0.1, -0.05) is 11.6 Å². The van der Waals surface area contributed by atoms with Gasteiger partial charge in [0.25, 0.3) is 5.91 Å².